The van der Waals surface area contributed by atoms with Crippen LogP contribution < -0.4 is 0 Å². The Labute approximate surface area is 101 Å². The minimum absolute atomic E-state index is 0.0222. The van der Waals surface area contributed by atoms with E-state index in [0.29, 0.717) is 24.9 Å². The Hall–Kier alpha value is -0.710. The summed E-state index contributed by atoms with van der Waals surface area (Å²) in [5, 5.41) is 3.80. The molecule has 0 atom stereocenters. The highest BCUT2D eigenvalue weighted by molar-refractivity contribution is 7.52. The van der Waals surface area contributed by atoms with Gasteiger partial charge in [0.05, 0.1) is 13.2 Å². The van der Waals surface area contributed by atoms with Gasteiger partial charge in [-0.2, -0.15) is 4.98 Å². The van der Waals surface area contributed by atoms with Crippen LogP contribution in [-0.2, 0) is 19.8 Å². The summed E-state index contributed by atoms with van der Waals surface area (Å²) in [4.78, 5) is 4.15. The van der Waals surface area contributed by atoms with Gasteiger partial charge in [-0.3, -0.25) is 4.57 Å². The summed E-state index contributed by atoms with van der Waals surface area (Å²) < 4.78 is 27.5. The smallest absolute Gasteiger partial charge is 0.339 e. The Morgan fingerprint density at radius 3 is 2.29 bits per heavy atom. The molecule has 1 rings (SSSR count). The molecular weight excluding hydrogens is 243 g/mol. The maximum atomic E-state index is 12.2. The number of nitrogens with zero attached hydrogens (tertiary/aromatic N) is 2. The number of hydrogen-bond acceptors (Lipinski definition) is 6. The normalized spacial score (nSPS) is 12.3. The summed E-state index contributed by atoms with van der Waals surface area (Å²) >= 11 is 0. The van der Waals surface area contributed by atoms with Crippen LogP contribution in [0.3, 0.4) is 0 Å². The third-order valence-corrected chi connectivity index (χ3v) is 3.94. The Balaban J connectivity index is 2.75. The molecule has 0 radical (unpaired) electrons. The van der Waals surface area contributed by atoms with Crippen molar-refractivity contribution in [3.8, 4) is 0 Å². The van der Waals surface area contributed by atoms with Crippen molar-refractivity contribution in [2.45, 2.75) is 39.8 Å². The minimum atomic E-state index is -3.15. The SMILES string of the molecule is CCOP(=O)(Cc1nc(C(C)C)no1)OCC. The van der Waals surface area contributed by atoms with Crippen molar-refractivity contribution in [2.75, 3.05) is 13.2 Å². The van der Waals surface area contributed by atoms with Crippen molar-refractivity contribution < 1.29 is 18.1 Å². The Kier molecular flexibility index (Phi) is 5.31. The highest BCUT2D eigenvalue weighted by Crippen LogP contribution is 2.50. The summed E-state index contributed by atoms with van der Waals surface area (Å²) in [7, 11) is -3.15. The molecule has 0 N–H and O–H groups in total. The Morgan fingerprint density at radius 2 is 1.88 bits per heavy atom. The highest BCUT2D eigenvalue weighted by Gasteiger charge is 2.27. The summed E-state index contributed by atoms with van der Waals surface area (Å²) in [5.41, 5.74) is 0. The van der Waals surface area contributed by atoms with Crippen LogP contribution in [0.1, 0.15) is 45.3 Å². The third-order valence-electron chi connectivity index (χ3n) is 1.98. The van der Waals surface area contributed by atoms with E-state index in [2.05, 4.69) is 10.1 Å². The van der Waals surface area contributed by atoms with Gasteiger partial charge in [0.2, 0.25) is 5.89 Å². The van der Waals surface area contributed by atoms with Crippen molar-refractivity contribution in [1.82, 2.24) is 10.1 Å². The second kappa shape index (κ2) is 6.28. The van der Waals surface area contributed by atoms with Crippen LogP contribution >= 0.6 is 7.60 Å². The molecule has 7 heteroatoms. The largest absolute Gasteiger partial charge is 0.340 e. The first-order valence-electron chi connectivity index (χ1n) is 5.71. The molecule has 0 saturated heterocycles. The van der Waals surface area contributed by atoms with E-state index < -0.39 is 7.60 Å². The Bertz CT molecular complexity index is 381. The van der Waals surface area contributed by atoms with Crippen LogP contribution in [-0.4, -0.2) is 23.4 Å². The van der Waals surface area contributed by atoms with E-state index in [0.717, 1.165) is 0 Å². The number of rotatable bonds is 7. The predicted octanol–water partition coefficient (Wildman–Crippen LogP) is 2.96. The lowest BCUT2D eigenvalue weighted by atomic mass is 10.2. The molecule has 0 fully saturated rings. The first-order valence-corrected chi connectivity index (χ1v) is 7.44. The van der Waals surface area contributed by atoms with Gasteiger partial charge in [0, 0.05) is 5.92 Å². The average Bonchev–Trinajstić information content (AvgIpc) is 2.66. The van der Waals surface area contributed by atoms with Gasteiger partial charge in [0.25, 0.3) is 0 Å². The lowest BCUT2D eigenvalue weighted by molar-refractivity contribution is 0.215. The number of hydrogen-bond donors (Lipinski definition) is 0. The lowest BCUT2D eigenvalue weighted by Crippen LogP contribution is -1.99. The van der Waals surface area contributed by atoms with Gasteiger partial charge >= 0.3 is 7.60 Å². The standard InChI is InChI=1S/C10H19N2O4P/c1-5-14-17(13,15-6-2)7-9-11-10(8(3)4)12-16-9/h8H,5-7H2,1-4H3. The van der Waals surface area contributed by atoms with E-state index in [1.807, 2.05) is 13.8 Å². The molecule has 0 amide bonds. The van der Waals surface area contributed by atoms with Crippen molar-refractivity contribution >= 4 is 7.60 Å². The lowest BCUT2D eigenvalue weighted by Gasteiger charge is -2.14. The fraction of sp³-hybridized carbons (Fsp3) is 0.800. The van der Waals surface area contributed by atoms with Gasteiger partial charge < -0.3 is 13.6 Å². The highest BCUT2D eigenvalue weighted by atomic mass is 31.2. The van der Waals surface area contributed by atoms with E-state index >= 15 is 0 Å². The topological polar surface area (TPSA) is 74.5 Å². The average molecular weight is 262 g/mol. The first kappa shape index (κ1) is 14.4. The van der Waals surface area contributed by atoms with Crippen LogP contribution in [0.5, 0.6) is 0 Å². The first-order chi connectivity index (χ1) is 8.00. The van der Waals surface area contributed by atoms with E-state index in [1.165, 1.54) is 0 Å². The predicted molar refractivity (Wildman–Crippen MR) is 62.9 cm³/mol. The maximum absolute atomic E-state index is 12.2. The molecule has 17 heavy (non-hydrogen) atoms. The molecule has 0 bridgehead atoms. The van der Waals surface area contributed by atoms with Crippen LogP contribution in [0.2, 0.25) is 0 Å². The van der Waals surface area contributed by atoms with Crippen LogP contribution in [0.25, 0.3) is 0 Å². The van der Waals surface area contributed by atoms with E-state index in [9.17, 15) is 4.57 Å². The maximum Gasteiger partial charge on any atom is 0.340 e. The second-order valence-corrected chi connectivity index (χ2v) is 5.86. The van der Waals surface area contributed by atoms with Crippen molar-refractivity contribution in [2.24, 2.45) is 0 Å². The molecule has 1 heterocycles. The van der Waals surface area contributed by atoms with Crippen molar-refractivity contribution in [3.63, 3.8) is 0 Å². The zero-order valence-corrected chi connectivity index (χ0v) is 11.6. The van der Waals surface area contributed by atoms with Crippen LogP contribution in [0, 0.1) is 0 Å². The summed E-state index contributed by atoms with van der Waals surface area (Å²) in [6.07, 6.45) is 0.0222. The quantitative estimate of drug-likeness (QED) is 0.703. The molecule has 1 aromatic rings. The van der Waals surface area contributed by atoms with Gasteiger partial charge in [-0.25, -0.2) is 0 Å². The molecule has 0 aliphatic rings. The fourth-order valence-corrected chi connectivity index (χ4v) is 2.76. The van der Waals surface area contributed by atoms with E-state index in [1.54, 1.807) is 13.8 Å². The minimum Gasteiger partial charge on any atom is -0.339 e. The zero-order valence-electron chi connectivity index (χ0n) is 10.7. The molecule has 98 valence electrons. The molecule has 0 unspecified atom stereocenters. The zero-order chi connectivity index (χ0) is 12.9. The Morgan fingerprint density at radius 1 is 1.29 bits per heavy atom. The molecule has 0 aromatic carbocycles. The molecule has 0 aliphatic carbocycles. The molecule has 0 saturated carbocycles. The van der Waals surface area contributed by atoms with Gasteiger partial charge in [0.1, 0.15) is 6.16 Å². The monoisotopic (exact) mass is 262 g/mol. The van der Waals surface area contributed by atoms with Crippen molar-refractivity contribution in [1.29, 1.82) is 0 Å². The molecule has 6 nitrogen and oxygen atoms in total. The van der Waals surface area contributed by atoms with Gasteiger partial charge in [-0.1, -0.05) is 19.0 Å². The van der Waals surface area contributed by atoms with E-state index in [4.69, 9.17) is 13.6 Å². The number of aromatic nitrogens is 2. The molecule has 0 spiro atoms. The molecular formula is C10H19N2O4P. The van der Waals surface area contributed by atoms with Crippen molar-refractivity contribution in [3.05, 3.63) is 11.7 Å². The van der Waals surface area contributed by atoms with Gasteiger partial charge in [-0.15, -0.1) is 0 Å². The molecule has 1 aromatic heterocycles. The van der Waals surface area contributed by atoms with Gasteiger partial charge in [0.15, 0.2) is 5.82 Å². The van der Waals surface area contributed by atoms with Gasteiger partial charge in [-0.05, 0) is 13.8 Å². The summed E-state index contributed by atoms with van der Waals surface area (Å²) in [6, 6.07) is 0. The van der Waals surface area contributed by atoms with Crippen LogP contribution in [0.4, 0.5) is 0 Å². The van der Waals surface area contributed by atoms with Crippen LogP contribution in [0.15, 0.2) is 4.52 Å². The second-order valence-electron chi connectivity index (χ2n) is 3.81. The third kappa shape index (κ3) is 4.22. The molecule has 0 aliphatic heterocycles. The summed E-state index contributed by atoms with van der Waals surface area (Å²) in [5.74, 6) is 1.06. The summed E-state index contributed by atoms with van der Waals surface area (Å²) in [6.45, 7) is 8.08. The fourth-order valence-electron chi connectivity index (χ4n) is 1.25. The van der Waals surface area contributed by atoms with E-state index in [-0.39, 0.29) is 12.1 Å².